The number of nitrogens with one attached hydrogen (secondary N) is 1. The first-order valence-corrected chi connectivity index (χ1v) is 12.9. The maximum Gasteiger partial charge on any atom is 0.418 e. The number of halogens is 3. The van der Waals surface area contributed by atoms with Gasteiger partial charge in [0.05, 0.1) is 23.7 Å². The van der Waals surface area contributed by atoms with Crippen LogP contribution >= 0.6 is 0 Å². The Morgan fingerprint density at radius 2 is 1.60 bits per heavy atom. The summed E-state index contributed by atoms with van der Waals surface area (Å²) >= 11 is 0. The molecule has 0 aliphatic heterocycles. The van der Waals surface area contributed by atoms with Gasteiger partial charge in [0.2, 0.25) is 0 Å². The van der Waals surface area contributed by atoms with Gasteiger partial charge in [0.1, 0.15) is 5.52 Å². The molecule has 0 aliphatic carbocycles. The van der Waals surface area contributed by atoms with Crippen molar-refractivity contribution in [3.05, 3.63) is 114 Å². The lowest BCUT2D eigenvalue weighted by Crippen LogP contribution is -2.16. The maximum atomic E-state index is 13.9. The van der Waals surface area contributed by atoms with Crippen molar-refractivity contribution in [1.29, 1.82) is 0 Å². The Balaban J connectivity index is 1.52. The summed E-state index contributed by atoms with van der Waals surface area (Å²) in [5.41, 5.74) is 3.88. The third-order valence-electron chi connectivity index (χ3n) is 7.25. The Bertz CT molecular complexity index is 1640. The first kappa shape index (κ1) is 27.0. The Kier molecular flexibility index (Phi) is 7.34. The third-order valence-corrected chi connectivity index (χ3v) is 7.25. The second kappa shape index (κ2) is 10.9. The topological polar surface area (TPSA) is 67.2 Å². The van der Waals surface area contributed by atoms with E-state index < -0.39 is 23.6 Å². The van der Waals surface area contributed by atoms with Gasteiger partial charge in [0.15, 0.2) is 0 Å². The molecular formula is C32H28F3N3O2. The lowest BCUT2D eigenvalue weighted by molar-refractivity contribution is -0.141. The zero-order chi connectivity index (χ0) is 28.4. The van der Waals surface area contributed by atoms with Crippen LogP contribution in [0.5, 0.6) is 0 Å². The van der Waals surface area contributed by atoms with Crippen LogP contribution in [0.2, 0.25) is 0 Å². The summed E-state index contributed by atoms with van der Waals surface area (Å²) in [6, 6.07) is 28.7. The van der Waals surface area contributed by atoms with Crippen LogP contribution in [0.3, 0.4) is 0 Å². The summed E-state index contributed by atoms with van der Waals surface area (Å²) < 4.78 is 43.2. The number of hydrogen-bond acceptors (Lipinski definition) is 3. The smallest absolute Gasteiger partial charge is 0.418 e. The lowest BCUT2D eigenvalue weighted by atomic mass is 9.89. The van der Waals surface area contributed by atoms with Crippen LogP contribution in [0.4, 0.5) is 24.5 Å². The van der Waals surface area contributed by atoms with E-state index in [1.165, 1.54) is 6.07 Å². The molecule has 0 spiro atoms. The zero-order valence-electron chi connectivity index (χ0n) is 22.0. The van der Waals surface area contributed by atoms with Crippen molar-refractivity contribution in [2.75, 3.05) is 5.32 Å². The average Bonchev–Trinajstić information content (AvgIpc) is 3.30. The summed E-state index contributed by atoms with van der Waals surface area (Å²) in [5, 5.41) is 17.5. The fraction of sp³-hybridized carbons (Fsp3) is 0.188. The fourth-order valence-corrected chi connectivity index (χ4v) is 4.84. The van der Waals surface area contributed by atoms with Crippen LogP contribution in [0, 0.1) is 5.92 Å². The molecule has 0 amide bonds. The molecule has 40 heavy (non-hydrogen) atoms. The van der Waals surface area contributed by atoms with Crippen LogP contribution in [0.1, 0.15) is 36.5 Å². The normalized spacial score (nSPS) is 13.2. The number of carboxylic acid groups (broad SMARTS) is 1. The van der Waals surface area contributed by atoms with Gasteiger partial charge in [-0.25, -0.2) is 0 Å². The van der Waals surface area contributed by atoms with Crippen molar-refractivity contribution in [2.24, 2.45) is 5.92 Å². The highest BCUT2D eigenvalue weighted by molar-refractivity contribution is 5.96. The van der Waals surface area contributed by atoms with E-state index in [-0.39, 0.29) is 11.4 Å². The summed E-state index contributed by atoms with van der Waals surface area (Å²) in [4.78, 5) is 11.4. The van der Waals surface area contributed by atoms with E-state index in [2.05, 4.69) is 10.4 Å². The molecule has 4 aromatic carbocycles. The van der Waals surface area contributed by atoms with Crippen molar-refractivity contribution in [3.8, 4) is 11.3 Å². The van der Waals surface area contributed by atoms with E-state index in [1.807, 2.05) is 85.8 Å². The highest BCUT2D eigenvalue weighted by atomic mass is 19.4. The molecule has 5 aromatic rings. The fourth-order valence-electron chi connectivity index (χ4n) is 4.84. The minimum absolute atomic E-state index is 0.0837. The number of aromatic nitrogens is 2. The van der Waals surface area contributed by atoms with Gasteiger partial charge in [-0.2, -0.15) is 18.3 Å². The molecule has 2 N–H and O–H groups in total. The molecule has 2 atom stereocenters. The van der Waals surface area contributed by atoms with Gasteiger partial charge in [0.25, 0.3) is 0 Å². The molecule has 0 bridgehead atoms. The number of nitrogens with zero attached hydrogens (tertiary/aromatic N) is 2. The molecule has 0 saturated carbocycles. The molecule has 5 rings (SSSR count). The largest absolute Gasteiger partial charge is 0.481 e. The Morgan fingerprint density at radius 3 is 2.27 bits per heavy atom. The van der Waals surface area contributed by atoms with E-state index in [1.54, 1.807) is 17.7 Å². The molecule has 204 valence electrons. The van der Waals surface area contributed by atoms with E-state index in [0.29, 0.717) is 17.6 Å². The van der Waals surface area contributed by atoms with Crippen LogP contribution in [-0.2, 0) is 17.5 Å². The first-order chi connectivity index (χ1) is 19.1. The minimum atomic E-state index is -4.53. The molecule has 0 saturated heterocycles. The number of aliphatic carboxylic acids is 1. The number of alkyl halides is 3. The molecule has 5 nitrogen and oxygen atoms in total. The zero-order valence-corrected chi connectivity index (χ0v) is 22.0. The van der Waals surface area contributed by atoms with Gasteiger partial charge >= 0.3 is 12.1 Å². The number of hydrogen-bond donors (Lipinski definition) is 2. The highest BCUT2D eigenvalue weighted by Crippen LogP contribution is 2.39. The van der Waals surface area contributed by atoms with E-state index in [9.17, 15) is 23.1 Å². The van der Waals surface area contributed by atoms with E-state index in [4.69, 9.17) is 0 Å². The number of carboxylic acids is 1. The van der Waals surface area contributed by atoms with Gasteiger partial charge < -0.3 is 10.4 Å². The molecule has 1 aromatic heterocycles. The summed E-state index contributed by atoms with van der Waals surface area (Å²) in [5.74, 6) is -1.49. The molecule has 2 unspecified atom stereocenters. The number of fused-ring (bicyclic) bond motifs is 1. The van der Waals surface area contributed by atoms with Gasteiger partial charge in [-0.3, -0.25) is 9.48 Å². The van der Waals surface area contributed by atoms with Crippen molar-refractivity contribution in [1.82, 2.24) is 9.78 Å². The molecule has 0 fully saturated rings. The predicted octanol–water partition coefficient (Wildman–Crippen LogP) is 8.34. The van der Waals surface area contributed by atoms with Gasteiger partial charge in [-0.15, -0.1) is 0 Å². The Hall–Kier alpha value is -4.59. The first-order valence-electron chi connectivity index (χ1n) is 12.9. The number of carbonyl (C=O) groups is 1. The predicted molar refractivity (Wildman–Crippen MR) is 151 cm³/mol. The Labute approximate surface area is 229 Å². The minimum Gasteiger partial charge on any atom is -0.481 e. The Morgan fingerprint density at radius 1 is 0.900 bits per heavy atom. The monoisotopic (exact) mass is 543 g/mol. The quantitative estimate of drug-likeness (QED) is 0.206. The molecule has 0 radical (unpaired) electrons. The third kappa shape index (κ3) is 5.57. The number of anilines is 2. The summed E-state index contributed by atoms with van der Waals surface area (Å²) in [6.07, 6.45) is -4.53. The average molecular weight is 544 g/mol. The number of rotatable bonds is 8. The molecule has 1 heterocycles. The van der Waals surface area contributed by atoms with Crippen LogP contribution in [0.15, 0.2) is 97.1 Å². The van der Waals surface area contributed by atoms with Crippen LogP contribution in [0.25, 0.3) is 22.2 Å². The number of benzene rings is 4. The van der Waals surface area contributed by atoms with Crippen LogP contribution < -0.4 is 5.32 Å². The maximum absolute atomic E-state index is 13.9. The van der Waals surface area contributed by atoms with Gasteiger partial charge in [0, 0.05) is 22.3 Å². The van der Waals surface area contributed by atoms with Crippen molar-refractivity contribution in [2.45, 2.75) is 32.5 Å². The van der Waals surface area contributed by atoms with Crippen LogP contribution in [-0.4, -0.2) is 20.9 Å². The summed E-state index contributed by atoms with van der Waals surface area (Å²) in [6.45, 7) is 3.89. The van der Waals surface area contributed by atoms with E-state index >= 15 is 0 Å². The highest BCUT2D eigenvalue weighted by Gasteiger charge is 2.34. The lowest BCUT2D eigenvalue weighted by Gasteiger charge is -2.17. The second-order valence-corrected chi connectivity index (χ2v) is 9.93. The SMILES string of the molecule is CC(C(=O)O)C(C)c1ccc(Nc2cccc(-c3c4cccc(C(F)(F)F)c4nn3Cc3ccccc3)c2)cc1. The van der Waals surface area contributed by atoms with Crippen molar-refractivity contribution >= 4 is 28.2 Å². The van der Waals surface area contributed by atoms with Crippen molar-refractivity contribution in [3.63, 3.8) is 0 Å². The molecule has 0 aliphatic rings. The summed E-state index contributed by atoms with van der Waals surface area (Å²) in [7, 11) is 0. The van der Waals surface area contributed by atoms with E-state index in [0.717, 1.165) is 34.1 Å². The van der Waals surface area contributed by atoms with Gasteiger partial charge in [-0.05, 0) is 47.4 Å². The van der Waals surface area contributed by atoms with Crippen molar-refractivity contribution < 1.29 is 23.1 Å². The second-order valence-electron chi connectivity index (χ2n) is 9.93. The molecular weight excluding hydrogens is 515 g/mol. The molecule has 8 heteroatoms. The van der Waals surface area contributed by atoms with Gasteiger partial charge in [-0.1, -0.05) is 80.6 Å². The standard InChI is InChI=1S/C32H28F3N3O2/c1-20(21(2)31(39)40)23-14-16-25(17-15-23)36-26-11-6-10-24(18-26)30-27-12-7-13-28(32(33,34)35)29(27)37-38(30)19-22-8-4-3-5-9-22/h3-18,20-21,36H,19H2,1-2H3,(H,39,40).